The van der Waals surface area contributed by atoms with Crippen LogP contribution in [0.2, 0.25) is 0 Å². The number of hydrogen-bond donors (Lipinski definition) is 1. The van der Waals surface area contributed by atoms with Gasteiger partial charge in [-0.2, -0.15) is 0 Å². The van der Waals surface area contributed by atoms with Crippen LogP contribution in [0.4, 0.5) is 5.69 Å². The Hall–Kier alpha value is -1.02. The predicted octanol–water partition coefficient (Wildman–Crippen LogP) is 3.48. The first kappa shape index (κ1) is 14.4. The van der Waals surface area contributed by atoms with Crippen LogP contribution in [0.25, 0.3) is 0 Å². The number of anilines is 1. The second kappa shape index (κ2) is 5.54. The first-order valence-corrected chi connectivity index (χ1v) is 7.43. The van der Waals surface area contributed by atoms with Crippen molar-refractivity contribution in [1.29, 1.82) is 0 Å². The second-order valence-electron chi connectivity index (χ2n) is 6.93. The summed E-state index contributed by atoms with van der Waals surface area (Å²) in [6, 6.07) is 7.54. The minimum atomic E-state index is 0.217. The fraction of sp³-hybridized carbons (Fsp3) is 0.647. The van der Waals surface area contributed by atoms with Crippen LogP contribution in [0.1, 0.15) is 44.7 Å². The smallest absolute Gasteiger partial charge is 0.0396 e. The summed E-state index contributed by atoms with van der Waals surface area (Å²) in [5.41, 5.74) is 4.38. The second-order valence-corrected chi connectivity index (χ2v) is 6.93. The summed E-state index contributed by atoms with van der Waals surface area (Å²) in [6.07, 6.45) is 2.63. The Morgan fingerprint density at radius 2 is 2.05 bits per heavy atom. The Balaban J connectivity index is 2.17. The summed E-state index contributed by atoms with van der Waals surface area (Å²) in [6.45, 7) is 11.3. The zero-order valence-electron chi connectivity index (χ0n) is 13.1. The Morgan fingerprint density at radius 1 is 1.32 bits per heavy atom. The molecule has 1 fully saturated rings. The average Bonchev–Trinajstić information content (AvgIpc) is 2.80. The summed E-state index contributed by atoms with van der Waals surface area (Å²) < 4.78 is 0. The quantitative estimate of drug-likeness (QED) is 0.895. The van der Waals surface area contributed by atoms with Crippen molar-refractivity contribution in [2.45, 2.75) is 52.0 Å². The van der Waals surface area contributed by atoms with Gasteiger partial charge < -0.3 is 10.2 Å². The van der Waals surface area contributed by atoms with Gasteiger partial charge in [0.15, 0.2) is 0 Å². The van der Waals surface area contributed by atoms with Crippen LogP contribution in [0.15, 0.2) is 18.2 Å². The summed E-state index contributed by atoms with van der Waals surface area (Å²) in [4.78, 5) is 2.41. The molecule has 19 heavy (non-hydrogen) atoms. The van der Waals surface area contributed by atoms with E-state index in [9.17, 15) is 0 Å². The van der Waals surface area contributed by atoms with Gasteiger partial charge in [0.1, 0.15) is 0 Å². The van der Waals surface area contributed by atoms with E-state index >= 15 is 0 Å². The number of rotatable bonds is 3. The molecule has 1 atom stereocenters. The molecular weight excluding hydrogens is 232 g/mol. The molecule has 1 aliphatic rings. The maximum absolute atomic E-state index is 3.58. The Morgan fingerprint density at radius 3 is 2.63 bits per heavy atom. The summed E-state index contributed by atoms with van der Waals surface area (Å²) >= 11 is 0. The lowest BCUT2D eigenvalue weighted by Gasteiger charge is -2.28. The minimum absolute atomic E-state index is 0.217. The van der Waals surface area contributed by atoms with Crippen molar-refractivity contribution >= 4 is 5.69 Å². The topological polar surface area (TPSA) is 15.3 Å². The lowest BCUT2D eigenvalue weighted by atomic mass is 9.86. The molecule has 1 aromatic rings. The first-order chi connectivity index (χ1) is 8.88. The lowest BCUT2D eigenvalue weighted by Crippen LogP contribution is -2.35. The molecule has 1 saturated heterocycles. The molecular formula is C17H28N2. The monoisotopic (exact) mass is 260 g/mol. The van der Waals surface area contributed by atoms with Crippen molar-refractivity contribution in [3.8, 4) is 0 Å². The zero-order valence-corrected chi connectivity index (χ0v) is 13.1. The average molecular weight is 260 g/mol. The fourth-order valence-electron chi connectivity index (χ4n) is 2.83. The molecule has 2 heteroatoms. The van der Waals surface area contributed by atoms with Crippen molar-refractivity contribution in [2.24, 2.45) is 0 Å². The van der Waals surface area contributed by atoms with Crippen LogP contribution >= 0.6 is 0 Å². The number of nitrogens with one attached hydrogen (secondary N) is 1. The van der Waals surface area contributed by atoms with Gasteiger partial charge in [-0.1, -0.05) is 32.9 Å². The summed E-state index contributed by atoms with van der Waals surface area (Å²) in [7, 11) is 2.22. The molecule has 1 unspecified atom stereocenters. The van der Waals surface area contributed by atoms with Crippen LogP contribution in [0.5, 0.6) is 0 Å². The minimum Gasteiger partial charge on any atom is -0.373 e. The molecule has 0 radical (unpaired) electrons. The van der Waals surface area contributed by atoms with E-state index in [0.29, 0.717) is 6.04 Å². The van der Waals surface area contributed by atoms with Crippen molar-refractivity contribution in [3.05, 3.63) is 29.3 Å². The largest absolute Gasteiger partial charge is 0.373 e. The lowest BCUT2D eigenvalue weighted by molar-refractivity contribution is 0.586. The number of nitrogens with zero attached hydrogens (tertiary/aromatic N) is 1. The van der Waals surface area contributed by atoms with E-state index in [1.165, 1.54) is 36.2 Å². The third-order valence-electron chi connectivity index (χ3n) is 4.14. The van der Waals surface area contributed by atoms with Crippen LogP contribution in [-0.4, -0.2) is 26.2 Å². The van der Waals surface area contributed by atoms with E-state index in [4.69, 9.17) is 0 Å². The van der Waals surface area contributed by atoms with Gasteiger partial charge in [-0.25, -0.2) is 0 Å². The molecule has 2 nitrogen and oxygen atoms in total. The molecule has 1 aromatic carbocycles. The van der Waals surface area contributed by atoms with Crippen LogP contribution < -0.4 is 10.2 Å². The van der Waals surface area contributed by atoms with Gasteiger partial charge in [-0.05, 0) is 48.9 Å². The standard InChI is InChI=1S/C17H28N2/c1-13-8-9-14(17(2,3)4)11-16(13)19(5)12-15-7-6-10-18-15/h8-9,11,15,18H,6-7,10,12H2,1-5H3. The molecule has 0 aromatic heterocycles. The number of hydrogen-bond acceptors (Lipinski definition) is 2. The van der Waals surface area contributed by atoms with Crippen molar-refractivity contribution < 1.29 is 0 Å². The van der Waals surface area contributed by atoms with Gasteiger partial charge in [0.25, 0.3) is 0 Å². The molecule has 2 rings (SSSR count). The normalized spacial score (nSPS) is 19.7. The molecule has 0 aliphatic carbocycles. The van der Waals surface area contributed by atoms with E-state index in [2.05, 4.69) is 63.2 Å². The zero-order chi connectivity index (χ0) is 14.0. The van der Waals surface area contributed by atoms with Gasteiger partial charge in [-0.3, -0.25) is 0 Å². The Kier molecular flexibility index (Phi) is 4.19. The van der Waals surface area contributed by atoms with Gasteiger partial charge in [0.2, 0.25) is 0 Å². The molecule has 0 saturated carbocycles. The van der Waals surface area contributed by atoms with Crippen molar-refractivity contribution in [2.75, 3.05) is 25.0 Å². The maximum atomic E-state index is 3.58. The van der Waals surface area contributed by atoms with Crippen LogP contribution in [0.3, 0.4) is 0 Å². The van der Waals surface area contributed by atoms with Crippen LogP contribution in [0, 0.1) is 6.92 Å². The maximum Gasteiger partial charge on any atom is 0.0396 e. The van der Waals surface area contributed by atoms with Crippen LogP contribution in [-0.2, 0) is 5.41 Å². The van der Waals surface area contributed by atoms with Gasteiger partial charge in [-0.15, -0.1) is 0 Å². The van der Waals surface area contributed by atoms with Gasteiger partial charge in [0, 0.05) is 25.3 Å². The van der Waals surface area contributed by atoms with E-state index < -0.39 is 0 Å². The highest BCUT2D eigenvalue weighted by Crippen LogP contribution is 2.28. The summed E-state index contributed by atoms with van der Waals surface area (Å²) in [5.74, 6) is 0. The highest BCUT2D eigenvalue weighted by Gasteiger charge is 2.19. The van der Waals surface area contributed by atoms with E-state index in [0.717, 1.165) is 6.54 Å². The SMILES string of the molecule is Cc1ccc(C(C)(C)C)cc1N(C)CC1CCCN1. The Bertz CT molecular complexity index is 425. The highest BCUT2D eigenvalue weighted by molar-refractivity contribution is 5.55. The van der Waals surface area contributed by atoms with E-state index in [1.54, 1.807) is 0 Å². The number of likely N-dealkylation sites (N-methyl/N-ethyl adjacent to an activating group) is 1. The molecule has 0 spiro atoms. The third-order valence-corrected chi connectivity index (χ3v) is 4.14. The van der Waals surface area contributed by atoms with E-state index in [1.807, 2.05) is 0 Å². The molecule has 0 amide bonds. The molecule has 1 heterocycles. The molecule has 106 valence electrons. The van der Waals surface area contributed by atoms with E-state index in [-0.39, 0.29) is 5.41 Å². The predicted molar refractivity (Wildman–Crippen MR) is 84.2 cm³/mol. The highest BCUT2D eigenvalue weighted by atomic mass is 15.1. The molecule has 0 bridgehead atoms. The Labute approximate surface area is 118 Å². The molecule has 1 N–H and O–H groups in total. The van der Waals surface area contributed by atoms with Crippen molar-refractivity contribution in [3.63, 3.8) is 0 Å². The molecule has 1 aliphatic heterocycles. The third kappa shape index (κ3) is 3.50. The number of benzene rings is 1. The first-order valence-electron chi connectivity index (χ1n) is 7.43. The fourth-order valence-corrected chi connectivity index (χ4v) is 2.83. The number of aryl methyl sites for hydroxylation is 1. The van der Waals surface area contributed by atoms with Gasteiger partial charge >= 0.3 is 0 Å². The van der Waals surface area contributed by atoms with Gasteiger partial charge in [0.05, 0.1) is 0 Å². The van der Waals surface area contributed by atoms with Crippen molar-refractivity contribution in [1.82, 2.24) is 5.32 Å². The summed E-state index contributed by atoms with van der Waals surface area (Å²) in [5, 5.41) is 3.58.